The summed E-state index contributed by atoms with van der Waals surface area (Å²) in [4.78, 5) is 0. The van der Waals surface area contributed by atoms with Gasteiger partial charge in [-0.3, -0.25) is 0 Å². The Bertz CT molecular complexity index is 565. The Balaban J connectivity index is 2.16. The van der Waals surface area contributed by atoms with Crippen molar-refractivity contribution in [2.45, 2.75) is 13.1 Å². The summed E-state index contributed by atoms with van der Waals surface area (Å²) in [5.41, 5.74) is 3.29. The zero-order valence-electron chi connectivity index (χ0n) is 9.40. The molecular weight excluding hydrogens is 282 g/mol. The van der Waals surface area contributed by atoms with Crippen molar-refractivity contribution in [3.63, 3.8) is 0 Å². The van der Waals surface area contributed by atoms with Gasteiger partial charge in [0.1, 0.15) is 16.0 Å². The van der Waals surface area contributed by atoms with Gasteiger partial charge in [0.2, 0.25) is 0 Å². The van der Waals surface area contributed by atoms with Gasteiger partial charge in [-0.05, 0) is 28.1 Å². The number of hydrogen-bond acceptors (Lipinski definition) is 3. The third-order valence-corrected chi connectivity index (χ3v) is 3.73. The molecule has 2 aromatic rings. The largest absolute Gasteiger partial charge is 0.494 e. The summed E-state index contributed by atoms with van der Waals surface area (Å²) in [5, 5.41) is 7.88. The van der Waals surface area contributed by atoms with Gasteiger partial charge < -0.3 is 10.1 Å². The minimum absolute atomic E-state index is 0.822. The predicted octanol–water partition coefficient (Wildman–Crippen LogP) is 2.25. The van der Waals surface area contributed by atoms with Crippen molar-refractivity contribution < 1.29 is 4.74 Å². The number of rotatable bonds is 2. The lowest BCUT2D eigenvalue weighted by Crippen LogP contribution is -2.07. The maximum absolute atomic E-state index is 5.36. The van der Waals surface area contributed by atoms with Crippen LogP contribution in [0.4, 0.5) is 0 Å². The molecule has 0 spiro atoms. The van der Waals surface area contributed by atoms with Crippen molar-refractivity contribution in [2.75, 3.05) is 7.11 Å². The van der Waals surface area contributed by atoms with Gasteiger partial charge in [0.05, 0.1) is 12.8 Å². The van der Waals surface area contributed by atoms with Gasteiger partial charge in [-0.25, -0.2) is 4.68 Å². The molecule has 0 saturated carbocycles. The van der Waals surface area contributed by atoms with Gasteiger partial charge in [0.15, 0.2) is 0 Å². The fourth-order valence-corrected chi connectivity index (χ4v) is 2.70. The van der Waals surface area contributed by atoms with Crippen LogP contribution in [0.25, 0.3) is 5.69 Å². The number of hydrogen-bond donors (Lipinski definition) is 1. The molecule has 1 N–H and O–H groups in total. The highest BCUT2D eigenvalue weighted by Crippen LogP contribution is 2.30. The van der Waals surface area contributed by atoms with Gasteiger partial charge in [-0.2, -0.15) is 5.10 Å². The van der Waals surface area contributed by atoms with Crippen molar-refractivity contribution >= 4 is 15.9 Å². The zero-order chi connectivity index (χ0) is 11.8. The van der Waals surface area contributed by atoms with E-state index in [-0.39, 0.29) is 0 Å². The predicted molar refractivity (Wildman–Crippen MR) is 68.4 cm³/mol. The average Bonchev–Trinajstić information content (AvgIpc) is 2.93. The van der Waals surface area contributed by atoms with Crippen LogP contribution in [0.5, 0.6) is 5.75 Å². The number of nitrogens with zero attached hydrogens (tertiary/aromatic N) is 2. The summed E-state index contributed by atoms with van der Waals surface area (Å²) >= 11 is 3.61. The molecule has 17 heavy (non-hydrogen) atoms. The molecule has 5 heteroatoms. The van der Waals surface area contributed by atoms with Gasteiger partial charge in [0, 0.05) is 18.7 Å². The summed E-state index contributed by atoms with van der Waals surface area (Å²) in [5.74, 6) is 0.822. The molecule has 3 rings (SSSR count). The van der Waals surface area contributed by atoms with E-state index in [9.17, 15) is 0 Å². The Hall–Kier alpha value is -1.33. The van der Waals surface area contributed by atoms with E-state index >= 15 is 0 Å². The number of fused-ring (bicyclic) bond motifs is 1. The highest BCUT2D eigenvalue weighted by Gasteiger charge is 2.21. The van der Waals surface area contributed by atoms with Crippen LogP contribution < -0.4 is 10.1 Å². The van der Waals surface area contributed by atoms with Crippen LogP contribution in [-0.2, 0) is 13.1 Å². The molecule has 0 aliphatic carbocycles. The van der Waals surface area contributed by atoms with Crippen LogP contribution in [0.1, 0.15) is 11.3 Å². The number of para-hydroxylation sites is 2. The second kappa shape index (κ2) is 4.16. The topological polar surface area (TPSA) is 39.1 Å². The third kappa shape index (κ3) is 1.66. The second-order valence-electron chi connectivity index (χ2n) is 3.90. The van der Waals surface area contributed by atoms with Crippen LogP contribution >= 0.6 is 15.9 Å². The van der Waals surface area contributed by atoms with E-state index < -0.39 is 0 Å². The Morgan fingerprint density at radius 1 is 1.35 bits per heavy atom. The van der Waals surface area contributed by atoms with E-state index in [0.717, 1.165) is 34.8 Å². The number of nitrogens with one attached hydrogen (secondary N) is 1. The minimum atomic E-state index is 0.822. The van der Waals surface area contributed by atoms with Crippen LogP contribution in [0.15, 0.2) is 28.9 Å². The van der Waals surface area contributed by atoms with E-state index in [4.69, 9.17) is 4.74 Å². The molecule has 0 amide bonds. The highest BCUT2D eigenvalue weighted by atomic mass is 79.9. The molecular formula is C12H12BrN3O. The first-order chi connectivity index (χ1) is 8.31. The SMILES string of the molecule is COc1ccccc1-n1nc2c(c1Br)CNC2. The molecule has 0 fully saturated rings. The summed E-state index contributed by atoms with van der Waals surface area (Å²) in [6, 6.07) is 7.87. The van der Waals surface area contributed by atoms with Crippen LogP contribution in [0.3, 0.4) is 0 Å². The van der Waals surface area contributed by atoms with Gasteiger partial charge in [0.25, 0.3) is 0 Å². The normalized spacial score (nSPS) is 13.8. The molecule has 0 saturated heterocycles. The van der Waals surface area contributed by atoms with E-state index in [2.05, 4.69) is 26.3 Å². The second-order valence-corrected chi connectivity index (χ2v) is 4.65. The molecule has 1 aromatic heterocycles. The van der Waals surface area contributed by atoms with E-state index in [1.807, 2.05) is 28.9 Å². The first-order valence-corrected chi connectivity index (χ1v) is 6.21. The quantitative estimate of drug-likeness (QED) is 0.923. The average molecular weight is 294 g/mol. The number of halogens is 1. The lowest BCUT2D eigenvalue weighted by atomic mass is 10.3. The first kappa shape index (κ1) is 10.8. The number of ether oxygens (including phenoxy) is 1. The first-order valence-electron chi connectivity index (χ1n) is 5.41. The summed E-state index contributed by atoms with van der Waals surface area (Å²) in [6.07, 6.45) is 0. The summed E-state index contributed by atoms with van der Waals surface area (Å²) in [6.45, 7) is 1.70. The molecule has 2 heterocycles. The van der Waals surface area contributed by atoms with E-state index in [1.54, 1.807) is 7.11 Å². The van der Waals surface area contributed by atoms with Gasteiger partial charge in [-0.15, -0.1) is 0 Å². The zero-order valence-corrected chi connectivity index (χ0v) is 11.0. The maximum atomic E-state index is 5.36. The molecule has 0 atom stereocenters. The van der Waals surface area contributed by atoms with Crippen molar-refractivity contribution in [1.82, 2.24) is 15.1 Å². The summed E-state index contributed by atoms with van der Waals surface area (Å²) < 4.78 is 8.25. The number of benzene rings is 1. The van der Waals surface area contributed by atoms with Crippen LogP contribution in [0.2, 0.25) is 0 Å². The van der Waals surface area contributed by atoms with Gasteiger partial charge >= 0.3 is 0 Å². The number of aromatic nitrogens is 2. The van der Waals surface area contributed by atoms with Crippen molar-refractivity contribution in [1.29, 1.82) is 0 Å². The van der Waals surface area contributed by atoms with Crippen LogP contribution in [-0.4, -0.2) is 16.9 Å². The fourth-order valence-electron chi connectivity index (χ4n) is 2.06. The fraction of sp³-hybridized carbons (Fsp3) is 0.250. The molecule has 1 aromatic carbocycles. The molecule has 0 bridgehead atoms. The lowest BCUT2D eigenvalue weighted by molar-refractivity contribution is 0.411. The van der Waals surface area contributed by atoms with E-state index in [0.29, 0.717) is 0 Å². The smallest absolute Gasteiger partial charge is 0.144 e. The Morgan fingerprint density at radius 2 is 2.18 bits per heavy atom. The Labute approximate surface area is 108 Å². The standard InChI is InChI=1S/C12H12BrN3O/c1-17-11-5-3-2-4-10(11)16-12(13)8-6-14-7-9(8)15-16/h2-5,14H,6-7H2,1H3. The van der Waals surface area contributed by atoms with Crippen molar-refractivity contribution in [3.8, 4) is 11.4 Å². The lowest BCUT2D eigenvalue weighted by Gasteiger charge is -2.09. The molecule has 1 aliphatic heterocycles. The highest BCUT2D eigenvalue weighted by molar-refractivity contribution is 9.10. The Morgan fingerprint density at radius 3 is 2.94 bits per heavy atom. The minimum Gasteiger partial charge on any atom is -0.494 e. The monoisotopic (exact) mass is 293 g/mol. The maximum Gasteiger partial charge on any atom is 0.144 e. The molecule has 0 unspecified atom stereocenters. The molecule has 88 valence electrons. The number of methoxy groups -OCH3 is 1. The molecule has 1 aliphatic rings. The van der Waals surface area contributed by atoms with Crippen molar-refractivity contribution in [3.05, 3.63) is 40.1 Å². The Kier molecular flexibility index (Phi) is 2.64. The molecule has 0 radical (unpaired) electrons. The third-order valence-electron chi connectivity index (χ3n) is 2.91. The molecule has 4 nitrogen and oxygen atoms in total. The summed E-state index contributed by atoms with van der Waals surface area (Å²) in [7, 11) is 1.67. The van der Waals surface area contributed by atoms with Gasteiger partial charge in [-0.1, -0.05) is 12.1 Å². The van der Waals surface area contributed by atoms with E-state index in [1.165, 1.54) is 5.56 Å². The van der Waals surface area contributed by atoms with Crippen molar-refractivity contribution in [2.24, 2.45) is 0 Å². The van der Waals surface area contributed by atoms with Crippen LogP contribution in [0, 0.1) is 0 Å².